The summed E-state index contributed by atoms with van der Waals surface area (Å²) in [6.45, 7) is 2.06. The first-order valence-electron chi connectivity index (χ1n) is 7.24. The molecular formula is C16H19ClN4. The molecule has 0 radical (unpaired) electrons. The molecule has 1 aliphatic heterocycles. The Hall–Kier alpha value is -1.81. The average Bonchev–Trinajstić information content (AvgIpc) is 2.98. The number of nitrogens with one attached hydrogen (secondary N) is 1. The van der Waals surface area contributed by atoms with Gasteiger partial charge in [0.05, 0.1) is 0 Å². The smallest absolute Gasteiger partial charge is 0.171 e. The molecule has 1 unspecified atom stereocenters. The van der Waals surface area contributed by atoms with Crippen molar-refractivity contribution in [1.82, 2.24) is 9.97 Å². The van der Waals surface area contributed by atoms with Gasteiger partial charge in [-0.1, -0.05) is 23.7 Å². The maximum Gasteiger partial charge on any atom is 0.171 e. The van der Waals surface area contributed by atoms with Crippen LogP contribution in [0.2, 0.25) is 5.02 Å². The van der Waals surface area contributed by atoms with E-state index in [9.17, 15) is 0 Å². The summed E-state index contributed by atoms with van der Waals surface area (Å²) in [4.78, 5) is 11.1. The zero-order chi connectivity index (χ0) is 14.7. The minimum atomic E-state index is 0.651. The molecule has 0 bridgehead atoms. The summed E-state index contributed by atoms with van der Waals surface area (Å²) < 4.78 is 0. The van der Waals surface area contributed by atoms with Gasteiger partial charge in [-0.3, -0.25) is 0 Å². The second-order valence-electron chi connectivity index (χ2n) is 5.41. The van der Waals surface area contributed by atoms with Crippen molar-refractivity contribution in [1.29, 1.82) is 0 Å². The Balaban J connectivity index is 1.66. The molecule has 1 aromatic carbocycles. The minimum Gasteiger partial charge on any atom is -0.370 e. The highest BCUT2D eigenvalue weighted by atomic mass is 35.5. The Morgan fingerprint density at radius 1 is 1.24 bits per heavy atom. The van der Waals surface area contributed by atoms with Crippen molar-refractivity contribution >= 4 is 23.2 Å². The van der Waals surface area contributed by atoms with E-state index in [2.05, 4.69) is 32.3 Å². The van der Waals surface area contributed by atoms with Gasteiger partial charge in [0.2, 0.25) is 0 Å². The van der Waals surface area contributed by atoms with Crippen LogP contribution in [0.25, 0.3) is 0 Å². The fourth-order valence-corrected chi connectivity index (χ4v) is 3.01. The lowest BCUT2D eigenvalue weighted by Gasteiger charge is -2.19. The van der Waals surface area contributed by atoms with Crippen LogP contribution < -0.4 is 10.2 Å². The predicted octanol–water partition coefficient (Wildman–Crippen LogP) is 3.24. The molecule has 1 N–H and O–H groups in total. The van der Waals surface area contributed by atoms with Crippen LogP contribution in [0, 0.1) is 5.92 Å². The number of rotatable bonds is 4. The van der Waals surface area contributed by atoms with E-state index in [1.165, 1.54) is 12.0 Å². The van der Waals surface area contributed by atoms with Gasteiger partial charge in [-0.15, -0.1) is 0 Å². The highest BCUT2D eigenvalue weighted by Gasteiger charge is 2.25. The summed E-state index contributed by atoms with van der Waals surface area (Å²) >= 11 is 5.93. The third-order valence-corrected chi connectivity index (χ3v) is 4.19. The highest BCUT2D eigenvalue weighted by Crippen LogP contribution is 2.28. The van der Waals surface area contributed by atoms with Crippen LogP contribution in [-0.4, -0.2) is 30.1 Å². The molecule has 5 heteroatoms. The fraction of sp³-hybridized carbons (Fsp3) is 0.375. The third kappa shape index (κ3) is 3.27. The standard InChI is InChI=1S/C16H19ClN4/c1-18-15-16(20-8-7-19-15)21-9-6-13(11-21)10-12-2-4-14(17)5-3-12/h2-5,7-8,13H,6,9-11H2,1H3,(H,18,19). The van der Waals surface area contributed by atoms with E-state index in [-0.39, 0.29) is 0 Å². The summed E-state index contributed by atoms with van der Waals surface area (Å²) in [6, 6.07) is 8.16. The molecule has 2 aromatic rings. The van der Waals surface area contributed by atoms with E-state index in [1.54, 1.807) is 12.4 Å². The topological polar surface area (TPSA) is 41.1 Å². The van der Waals surface area contributed by atoms with Crippen molar-refractivity contribution in [2.24, 2.45) is 5.92 Å². The predicted molar refractivity (Wildman–Crippen MR) is 87.1 cm³/mol. The summed E-state index contributed by atoms with van der Waals surface area (Å²) in [7, 11) is 1.88. The third-order valence-electron chi connectivity index (χ3n) is 3.94. The minimum absolute atomic E-state index is 0.651. The molecule has 0 spiro atoms. The Bertz CT molecular complexity index is 599. The number of hydrogen-bond acceptors (Lipinski definition) is 4. The number of nitrogens with zero attached hydrogens (tertiary/aromatic N) is 3. The molecule has 0 aliphatic carbocycles. The molecule has 1 aromatic heterocycles. The van der Waals surface area contributed by atoms with Gasteiger partial charge in [-0.2, -0.15) is 0 Å². The van der Waals surface area contributed by atoms with Crippen LogP contribution in [0.15, 0.2) is 36.7 Å². The van der Waals surface area contributed by atoms with E-state index in [0.29, 0.717) is 5.92 Å². The van der Waals surface area contributed by atoms with Crippen LogP contribution >= 0.6 is 11.6 Å². The van der Waals surface area contributed by atoms with Crippen molar-refractivity contribution < 1.29 is 0 Å². The molecule has 1 fully saturated rings. The zero-order valence-corrected chi connectivity index (χ0v) is 12.8. The van der Waals surface area contributed by atoms with Crippen molar-refractivity contribution in [2.75, 3.05) is 30.4 Å². The van der Waals surface area contributed by atoms with Crippen LogP contribution in [0.4, 0.5) is 11.6 Å². The molecule has 1 saturated heterocycles. The van der Waals surface area contributed by atoms with Gasteiger partial charge in [0.25, 0.3) is 0 Å². The monoisotopic (exact) mass is 302 g/mol. The van der Waals surface area contributed by atoms with Gasteiger partial charge in [0.15, 0.2) is 11.6 Å². The van der Waals surface area contributed by atoms with Crippen molar-refractivity contribution in [3.8, 4) is 0 Å². The largest absolute Gasteiger partial charge is 0.370 e. The van der Waals surface area contributed by atoms with E-state index < -0.39 is 0 Å². The average molecular weight is 303 g/mol. The van der Waals surface area contributed by atoms with Crippen molar-refractivity contribution in [3.63, 3.8) is 0 Å². The van der Waals surface area contributed by atoms with E-state index in [4.69, 9.17) is 11.6 Å². The van der Waals surface area contributed by atoms with E-state index in [0.717, 1.165) is 36.2 Å². The number of hydrogen-bond donors (Lipinski definition) is 1. The Morgan fingerprint density at radius 2 is 2.00 bits per heavy atom. The Labute approximate surface area is 130 Å². The molecule has 21 heavy (non-hydrogen) atoms. The molecule has 110 valence electrons. The molecule has 0 amide bonds. The number of benzene rings is 1. The summed E-state index contributed by atoms with van der Waals surface area (Å²) in [5, 5.41) is 3.91. The molecule has 1 atom stereocenters. The number of anilines is 2. The van der Waals surface area contributed by atoms with Gasteiger partial charge in [0, 0.05) is 37.6 Å². The summed E-state index contributed by atoms with van der Waals surface area (Å²) in [6.07, 6.45) is 5.74. The van der Waals surface area contributed by atoms with Gasteiger partial charge in [-0.05, 0) is 36.5 Å². The van der Waals surface area contributed by atoms with E-state index in [1.807, 2.05) is 19.2 Å². The lowest BCUT2D eigenvalue weighted by Crippen LogP contribution is -2.22. The molecular weight excluding hydrogens is 284 g/mol. The first-order valence-corrected chi connectivity index (χ1v) is 7.62. The summed E-state index contributed by atoms with van der Waals surface area (Å²) in [5.74, 6) is 2.46. The fourth-order valence-electron chi connectivity index (χ4n) is 2.88. The van der Waals surface area contributed by atoms with Gasteiger partial charge < -0.3 is 10.2 Å². The summed E-state index contributed by atoms with van der Waals surface area (Å²) in [5.41, 5.74) is 1.35. The normalized spacial score (nSPS) is 18.0. The SMILES string of the molecule is CNc1nccnc1N1CCC(Cc2ccc(Cl)cc2)C1. The number of halogens is 1. The quantitative estimate of drug-likeness (QED) is 0.941. The van der Waals surface area contributed by atoms with Gasteiger partial charge in [-0.25, -0.2) is 9.97 Å². The Morgan fingerprint density at radius 3 is 2.76 bits per heavy atom. The number of aromatic nitrogens is 2. The second-order valence-corrected chi connectivity index (χ2v) is 5.85. The van der Waals surface area contributed by atoms with Gasteiger partial charge >= 0.3 is 0 Å². The molecule has 4 nitrogen and oxygen atoms in total. The van der Waals surface area contributed by atoms with Crippen LogP contribution in [0.3, 0.4) is 0 Å². The van der Waals surface area contributed by atoms with Crippen LogP contribution in [0.1, 0.15) is 12.0 Å². The van der Waals surface area contributed by atoms with Crippen molar-refractivity contribution in [3.05, 3.63) is 47.2 Å². The van der Waals surface area contributed by atoms with Gasteiger partial charge in [0.1, 0.15) is 0 Å². The maximum absolute atomic E-state index is 5.93. The molecule has 3 rings (SSSR count). The van der Waals surface area contributed by atoms with Crippen LogP contribution in [-0.2, 0) is 6.42 Å². The zero-order valence-electron chi connectivity index (χ0n) is 12.1. The second kappa shape index (κ2) is 6.31. The first-order chi connectivity index (χ1) is 10.3. The lowest BCUT2D eigenvalue weighted by atomic mass is 9.99. The Kier molecular flexibility index (Phi) is 4.25. The molecule has 2 heterocycles. The lowest BCUT2D eigenvalue weighted by molar-refractivity contribution is 0.586. The highest BCUT2D eigenvalue weighted by molar-refractivity contribution is 6.30. The van der Waals surface area contributed by atoms with Crippen molar-refractivity contribution in [2.45, 2.75) is 12.8 Å². The first kappa shape index (κ1) is 14.1. The van der Waals surface area contributed by atoms with E-state index >= 15 is 0 Å². The van der Waals surface area contributed by atoms with Crippen LogP contribution in [0.5, 0.6) is 0 Å². The maximum atomic E-state index is 5.93. The molecule has 1 aliphatic rings. The molecule has 0 saturated carbocycles.